The van der Waals surface area contributed by atoms with E-state index in [-0.39, 0.29) is 6.10 Å². The zero-order chi connectivity index (χ0) is 14.0. The molecular formula is C13H23N5O. The molecule has 2 N–H and O–H groups in total. The van der Waals surface area contributed by atoms with Crippen LogP contribution in [0.5, 0.6) is 0 Å². The van der Waals surface area contributed by atoms with Gasteiger partial charge in [-0.25, -0.2) is 4.98 Å². The molecule has 1 aromatic heterocycles. The Morgan fingerprint density at radius 3 is 2.84 bits per heavy atom. The van der Waals surface area contributed by atoms with Crippen LogP contribution in [-0.2, 0) is 0 Å². The highest BCUT2D eigenvalue weighted by atomic mass is 16.3. The molecule has 0 spiro atoms. The van der Waals surface area contributed by atoms with Gasteiger partial charge in [-0.3, -0.25) is 0 Å². The average Bonchev–Trinajstić information content (AvgIpc) is 2.68. The van der Waals surface area contributed by atoms with Crippen molar-refractivity contribution in [3.05, 3.63) is 11.8 Å². The third-order valence-corrected chi connectivity index (χ3v) is 3.33. The second-order valence-corrected chi connectivity index (χ2v) is 5.40. The molecule has 2 atom stereocenters. The third kappa shape index (κ3) is 3.33. The van der Waals surface area contributed by atoms with E-state index in [2.05, 4.69) is 25.1 Å². The van der Waals surface area contributed by atoms with Crippen LogP contribution in [0.25, 0.3) is 0 Å². The molecule has 2 rings (SSSR count). The Balaban J connectivity index is 2.25. The number of aromatic nitrogens is 2. The van der Waals surface area contributed by atoms with Gasteiger partial charge in [-0.1, -0.05) is 0 Å². The standard InChI is InChI=1S/C13H23N5O/c1-9-5-12(16-13(14-2)15-9)18-8-11(19)6-10(18)7-17(3)4/h5,10-11,19H,6-8H2,1-4H3,(H,14,15,16). The smallest absolute Gasteiger partial charge is 0.224 e. The van der Waals surface area contributed by atoms with Crippen molar-refractivity contribution in [1.29, 1.82) is 0 Å². The van der Waals surface area contributed by atoms with Crippen LogP contribution < -0.4 is 10.2 Å². The van der Waals surface area contributed by atoms with Gasteiger partial charge in [-0.05, 0) is 27.4 Å². The fourth-order valence-electron chi connectivity index (χ4n) is 2.58. The van der Waals surface area contributed by atoms with Gasteiger partial charge in [-0.2, -0.15) is 4.98 Å². The molecule has 1 aliphatic heterocycles. The highest BCUT2D eigenvalue weighted by Crippen LogP contribution is 2.25. The quantitative estimate of drug-likeness (QED) is 0.818. The molecule has 0 amide bonds. The minimum atomic E-state index is -0.279. The number of hydrogen-bond donors (Lipinski definition) is 2. The first-order chi connectivity index (χ1) is 8.99. The van der Waals surface area contributed by atoms with Crippen molar-refractivity contribution in [2.24, 2.45) is 0 Å². The highest BCUT2D eigenvalue weighted by Gasteiger charge is 2.32. The van der Waals surface area contributed by atoms with E-state index in [4.69, 9.17) is 0 Å². The Morgan fingerprint density at radius 1 is 1.47 bits per heavy atom. The summed E-state index contributed by atoms with van der Waals surface area (Å²) >= 11 is 0. The van der Waals surface area contributed by atoms with Crippen molar-refractivity contribution in [3.8, 4) is 0 Å². The SMILES string of the molecule is CNc1nc(C)cc(N2CC(O)CC2CN(C)C)n1. The maximum Gasteiger partial charge on any atom is 0.224 e. The molecule has 0 bridgehead atoms. The van der Waals surface area contributed by atoms with Crippen LogP contribution >= 0.6 is 0 Å². The number of nitrogens with one attached hydrogen (secondary N) is 1. The minimum Gasteiger partial charge on any atom is -0.391 e. The summed E-state index contributed by atoms with van der Waals surface area (Å²) in [5, 5.41) is 12.9. The van der Waals surface area contributed by atoms with Crippen LogP contribution in [0.2, 0.25) is 0 Å². The maximum atomic E-state index is 9.92. The van der Waals surface area contributed by atoms with Crippen LogP contribution in [0.3, 0.4) is 0 Å². The maximum absolute atomic E-state index is 9.92. The van der Waals surface area contributed by atoms with E-state index in [1.54, 1.807) is 0 Å². The molecule has 0 aliphatic carbocycles. The normalized spacial score (nSPS) is 23.2. The number of aryl methyl sites for hydroxylation is 1. The number of rotatable bonds is 4. The second kappa shape index (κ2) is 5.71. The van der Waals surface area contributed by atoms with Crippen molar-refractivity contribution in [2.45, 2.75) is 25.5 Å². The van der Waals surface area contributed by atoms with Crippen molar-refractivity contribution in [2.75, 3.05) is 44.4 Å². The average molecular weight is 265 g/mol. The van der Waals surface area contributed by atoms with Gasteiger partial charge >= 0.3 is 0 Å². The molecule has 2 unspecified atom stereocenters. The summed E-state index contributed by atoms with van der Waals surface area (Å²) in [6, 6.07) is 2.27. The van der Waals surface area contributed by atoms with Gasteiger partial charge < -0.3 is 20.2 Å². The molecule has 106 valence electrons. The molecule has 6 nitrogen and oxygen atoms in total. The summed E-state index contributed by atoms with van der Waals surface area (Å²) in [4.78, 5) is 13.1. The Kier molecular flexibility index (Phi) is 4.21. The van der Waals surface area contributed by atoms with Crippen molar-refractivity contribution in [3.63, 3.8) is 0 Å². The molecular weight excluding hydrogens is 242 g/mol. The summed E-state index contributed by atoms with van der Waals surface area (Å²) in [7, 11) is 5.91. The summed E-state index contributed by atoms with van der Waals surface area (Å²) in [6.07, 6.45) is 0.508. The summed E-state index contributed by atoms with van der Waals surface area (Å²) in [5.41, 5.74) is 0.930. The van der Waals surface area contributed by atoms with Gasteiger partial charge in [0.05, 0.1) is 6.10 Å². The van der Waals surface area contributed by atoms with Gasteiger partial charge in [0.1, 0.15) is 5.82 Å². The van der Waals surface area contributed by atoms with Gasteiger partial charge in [0.15, 0.2) is 0 Å². The van der Waals surface area contributed by atoms with Gasteiger partial charge in [0.25, 0.3) is 0 Å². The molecule has 1 fully saturated rings. The number of aliphatic hydroxyl groups excluding tert-OH is 1. The lowest BCUT2D eigenvalue weighted by molar-refractivity contribution is 0.191. The monoisotopic (exact) mass is 265 g/mol. The summed E-state index contributed by atoms with van der Waals surface area (Å²) in [6.45, 7) is 3.51. The van der Waals surface area contributed by atoms with Crippen molar-refractivity contribution >= 4 is 11.8 Å². The molecule has 0 radical (unpaired) electrons. The van der Waals surface area contributed by atoms with Gasteiger partial charge in [-0.15, -0.1) is 0 Å². The van der Waals surface area contributed by atoms with Gasteiger partial charge in [0, 0.05) is 37.9 Å². The number of hydrogen-bond acceptors (Lipinski definition) is 6. The van der Waals surface area contributed by atoms with Crippen LogP contribution in [0, 0.1) is 6.92 Å². The van der Waals surface area contributed by atoms with E-state index in [9.17, 15) is 5.11 Å². The lowest BCUT2D eigenvalue weighted by Gasteiger charge is -2.28. The number of likely N-dealkylation sites (N-methyl/N-ethyl adjacent to an activating group) is 1. The molecule has 6 heteroatoms. The largest absolute Gasteiger partial charge is 0.391 e. The minimum absolute atomic E-state index is 0.279. The van der Waals surface area contributed by atoms with Crippen LogP contribution in [0.15, 0.2) is 6.07 Å². The Morgan fingerprint density at radius 2 is 2.21 bits per heavy atom. The van der Waals surface area contributed by atoms with Crippen LogP contribution in [0.1, 0.15) is 12.1 Å². The summed E-state index contributed by atoms with van der Waals surface area (Å²) in [5.74, 6) is 1.51. The number of nitrogens with zero attached hydrogens (tertiary/aromatic N) is 4. The van der Waals surface area contributed by atoms with E-state index in [1.165, 1.54) is 0 Å². The Hall–Kier alpha value is -1.40. The zero-order valence-electron chi connectivity index (χ0n) is 12.1. The topological polar surface area (TPSA) is 64.5 Å². The number of β-amino-alcohol motifs (C(OH)–C–C–N with tert-alkyl or cyclic N) is 1. The predicted molar refractivity (Wildman–Crippen MR) is 76.6 cm³/mol. The first-order valence-corrected chi connectivity index (χ1v) is 6.62. The molecule has 0 saturated carbocycles. The lowest BCUT2D eigenvalue weighted by Crippen LogP contribution is -2.38. The number of anilines is 2. The second-order valence-electron chi connectivity index (χ2n) is 5.40. The Bertz CT molecular complexity index is 437. The highest BCUT2D eigenvalue weighted by molar-refractivity contribution is 5.47. The van der Waals surface area contributed by atoms with Gasteiger partial charge in [0.2, 0.25) is 5.95 Å². The molecule has 1 saturated heterocycles. The molecule has 0 aromatic carbocycles. The van der Waals surface area contributed by atoms with Crippen LogP contribution in [-0.4, -0.2) is 66.4 Å². The zero-order valence-corrected chi connectivity index (χ0v) is 12.1. The number of aliphatic hydroxyl groups is 1. The van der Waals surface area contributed by atoms with Crippen molar-refractivity contribution < 1.29 is 5.11 Å². The predicted octanol–water partition coefficient (Wildman–Crippen LogP) is 0.328. The first kappa shape index (κ1) is 14.0. The molecule has 1 aliphatic rings. The summed E-state index contributed by atoms with van der Waals surface area (Å²) < 4.78 is 0. The Labute approximate surface area is 114 Å². The molecule has 2 heterocycles. The molecule has 1 aromatic rings. The fraction of sp³-hybridized carbons (Fsp3) is 0.692. The van der Waals surface area contributed by atoms with E-state index in [0.29, 0.717) is 18.5 Å². The van der Waals surface area contributed by atoms with E-state index >= 15 is 0 Å². The van der Waals surface area contributed by atoms with E-state index in [0.717, 1.165) is 24.5 Å². The molecule has 19 heavy (non-hydrogen) atoms. The third-order valence-electron chi connectivity index (χ3n) is 3.33. The van der Waals surface area contributed by atoms with Crippen molar-refractivity contribution in [1.82, 2.24) is 14.9 Å². The first-order valence-electron chi connectivity index (χ1n) is 6.62. The van der Waals surface area contributed by atoms with E-state index < -0.39 is 0 Å². The lowest BCUT2D eigenvalue weighted by atomic mass is 10.2. The fourth-order valence-corrected chi connectivity index (χ4v) is 2.58. The van der Waals surface area contributed by atoms with E-state index in [1.807, 2.05) is 34.1 Å². The van der Waals surface area contributed by atoms with Crippen LogP contribution in [0.4, 0.5) is 11.8 Å².